The lowest BCUT2D eigenvalue weighted by Crippen LogP contribution is -2.23. The predicted molar refractivity (Wildman–Crippen MR) is 118 cm³/mol. The zero-order valence-corrected chi connectivity index (χ0v) is 18.4. The molecule has 3 rings (SSSR count). The molecule has 1 amide bonds. The van der Waals surface area contributed by atoms with E-state index in [2.05, 4.69) is 26.7 Å². The van der Waals surface area contributed by atoms with Gasteiger partial charge in [0.1, 0.15) is 11.6 Å². The van der Waals surface area contributed by atoms with Crippen molar-refractivity contribution < 1.29 is 9.53 Å². The number of ether oxygens (including phenoxy) is 1. The van der Waals surface area contributed by atoms with Gasteiger partial charge in [-0.05, 0) is 38.0 Å². The highest BCUT2D eigenvalue weighted by Crippen LogP contribution is 2.34. The second-order valence-corrected chi connectivity index (χ2v) is 8.91. The van der Waals surface area contributed by atoms with E-state index in [-0.39, 0.29) is 11.2 Å². The molecule has 1 aromatic heterocycles. The Labute approximate surface area is 181 Å². The summed E-state index contributed by atoms with van der Waals surface area (Å²) in [7, 11) is 1.56. The fourth-order valence-electron chi connectivity index (χ4n) is 3.57. The number of allylic oxidation sites excluding steroid dienone is 1. The van der Waals surface area contributed by atoms with E-state index >= 15 is 0 Å². The Morgan fingerprint density at radius 2 is 2.17 bits per heavy atom. The van der Waals surface area contributed by atoms with Crippen molar-refractivity contribution in [3.05, 3.63) is 41.7 Å². The van der Waals surface area contributed by atoms with Crippen LogP contribution in [-0.2, 0) is 11.3 Å². The molecular weight excluding hydrogens is 408 g/mol. The minimum Gasteiger partial charge on any atom is -0.495 e. The summed E-state index contributed by atoms with van der Waals surface area (Å²) in [5.41, 5.74) is 0.549. The second-order valence-electron chi connectivity index (χ2n) is 7.17. The lowest BCUT2D eigenvalue weighted by molar-refractivity contribution is -0.115. The van der Waals surface area contributed by atoms with Gasteiger partial charge < -0.3 is 14.6 Å². The number of anilines is 1. The molecule has 1 aromatic carbocycles. The third-order valence-corrected chi connectivity index (χ3v) is 6.41. The van der Waals surface area contributed by atoms with Gasteiger partial charge in [0.15, 0.2) is 5.16 Å². The Hall–Kier alpha value is -1.99. The summed E-state index contributed by atoms with van der Waals surface area (Å²) in [6.45, 7) is 6.36. The Bertz CT molecular complexity index is 864. The Kier molecular flexibility index (Phi) is 7.61. The maximum atomic E-state index is 12.8. The van der Waals surface area contributed by atoms with Gasteiger partial charge in [0.2, 0.25) is 5.91 Å². The van der Waals surface area contributed by atoms with Crippen molar-refractivity contribution in [1.29, 1.82) is 0 Å². The fraction of sp³-hybridized carbons (Fsp3) is 0.476. The van der Waals surface area contributed by atoms with E-state index in [4.69, 9.17) is 16.3 Å². The zero-order chi connectivity index (χ0) is 20.8. The van der Waals surface area contributed by atoms with Gasteiger partial charge in [-0.1, -0.05) is 48.7 Å². The smallest absolute Gasteiger partial charge is 0.237 e. The number of nitrogens with one attached hydrogen (secondary N) is 1. The van der Waals surface area contributed by atoms with E-state index in [0.717, 1.165) is 23.8 Å². The van der Waals surface area contributed by atoms with Crippen LogP contribution in [0.3, 0.4) is 0 Å². The molecule has 0 aliphatic heterocycles. The lowest BCUT2D eigenvalue weighted by atomic mass is 9.89. The van der Waals surface area contributed by atoms with Crippen LogP contribution in [0.5, 0.6) is 5.75 Å². The fourth-order valence-corrected chi connectivity index (χ4v) is 4.61. The van der Waals surface area contributed by atoms with Gasteiger partial charge in [-0.15, -0.1) is 16.8 Å². The largest absolute Gasteiger partial charge is 0.495 e. The number of hydrogen-bond acceptors (Lipinski definition) is 5. The Morgan fingerprint density at radius 1 is 1.41 bits per heavy atom. The van der Waals surface area contributed by atoms with Crippen LogP contribution in [0.2, 0.25) is 5.02 Å². The molecule has 2 aromatic rings. The van der Waals surface area contributed by atoms with E-state index in [1.807, 2.05) is 13.0 Å². The van der Waals surface area contributed by atoms with Gasteiger partial charge in [-0.25, -0.2) is 0 Å². The number of carbonyl (C=O) groups excluding carboxylic acids is 1. The monoisotopic (exact) mass is 434 g/mol. The van der Waals surface area contributed by atoms with Crippen LogP contribution in [0.1, 0.15) is 50.8 Å². The molecule has 0 radical (unpaired) electrons. The third kappa shape index (κ3) is 5.34. The molecule has 1 atom stereocenters. The number of methoxy groups -OCH3 is 1. The number of halogens is 1. The topological polar surface area (TPSA) is 69.0 Å². The first kappa shape index (κ1) is 21.7. The summed E-state index contributed by atoms with van der Waals surface area (Å²) >= 11 is 7.45. The minimum absolute atomic E-state index is 0.150. The van der Waals surface area contributed by atoms with Crippen LogP contribution in [0, 0.1) is 0 Å². The molecule has 0 spiro atoms. The molecule has 156 valence electrons. The van der Waals surface area contributed by atoms with Crippen molar-refractivity contribution in [3.8, 4) is 5.75 Å². The van der Waals surface area contributed by atoms with Crippen LogP contribution in [-0.4, -0.2) is 33.0 Å². The molecule has 1 N–H and O–H groups in total. The summed E-state index contributed by atoms with van der Waals surface area (Å²) < 4.78 is 7.40. The van der Waals surface area contributed by atoms with Crippen molar-refractivity contribution in [2.75, 3.05) is 12.4 Å². The number of carbonyl (C=O) groups is 1. The van der Waals surface area contributed by atoms with Crippen molar-refractivity contribution in [1.82, 2.24) is 14.8 Å². The summed E-state index contributed by atoms with van der Waals surface area (Å²) in [6.07, 6.45) is 7.89. The Balaban J connectivity index is 1.73. The van der Waals surface area contributed by atoms with Crippen molar-refractivity contribution in [3.63, 3.8) is 0 Å². The molecule has 0 bridgehead atoms. The predicted octanol–water partition coefficient (Wildman–Crippen LogP) is 5.29. The molecule has 1 aliphatic rings. The van der Waals surface area contributed by atoms with Crippen LogP contribution in [0.4, 0.5) is 5.69 Å². The van der Waals surface area contributed by atoms with E-state index < -0.39 is 0 Å². The van der Waals surface area contributed by atoms with E-state index in [9.17, 15) is 4.79 Å². The average Bonchev–Trinajstić information content (AvgIpc) is 3.11. The molecular formula is C21H27ClN4O2S. The van der Waals surface area contributed by atoms with Gasteiger partial charge in [0.05, 0.1) is 18.0 Å². The van der Waals surface area contributed by atoms with Gasteiger partial charge in [0, 0.05) is 17.5 Å². The third-order valence-electron chi connectivity index (χ3n) is 5.10. The highest BCUT2D eigenvalue weighted by Gasteiger charge is 2.25. The SMILES string of the molecule is C=CCn1c(SC(C)C(=O)Nc2cc(Cl)ccc2OC)nnc1C1CCCCC1. The number of amides is 1. The first-order chi connectivity index (χ1) is 14.0. The highest BCUT2D eigenvalue weighted by molar-refractivity contribution is 8.00. The molecule has 1 fully saturated rings. The standard InChI is InChI=1S/C21H27ClN4O2S/c1-4-12-26-19(15-8-6-5-7-9-15)24-25-21(26)29-14(2)20(27)23-17-13-16(22)10-11-18(17)28-3/h4,10-11,13-15H,1,5-9,12H2,2-3H3,(H,23,27). The summed E-state index contributed by atoms with van der Waals surface area (Å²) in [4.78, 5) is 12.8. The van der Waals surface area contributed by atoms with Gasteiger partial charge in [-0.2, -0.15) is 0 Å². The molecule has 6 nitrogen and oxygen atoms in total. The van der Waals surface area contributed by atoms with Crippen LogP contribution in [0.15, 0.2) is 36.0 Å². The number of rotatable bonds is 8. The van der Waals surface area contributed by atoms with Crippen molar-refractivity contribution >= 4 is 35.0 Å². The van der Waals surface area contributed by atoms with E-state index in [1.54, 1.807) is 25.3 Å². The molecule has 29 heavy (non-hydrogen) atoms. The van der Waals surface area contributed by atoms with Gasteiger partial charge >= 0.3 is 0 Å². The number of benzene rings is 1. The van der Waals surface area contributed by atoms with E-state index in [0.29, 0.717) is 28.9 Å². The van der Waals surface area contributed by atoms with Crippen molar-refractivity contribution in [2.45, 2.75) is 61.9 Å². The summed E-state index contributed by atoms with van der Waals surface area (Å²) in [5, 5.41) is 12.7. The van der Waals surface area contributed by atoms with Gasteiger partial charge in [0.25, 0.3) is 0 Å². The Morgan fingerprint density at radius 3 is 2.86 bits per heavy atom. The molecule has 1 aliphatic carbocycles. The normalized spacial score (nSPS) is 15.7. The van der Waals surface area contributed by atoms with Crippen LogP contribution < -0.4 is 10.1 Å². The number of aromatic nitrogens is 3. The van der Waals surface area contributed by atoms with Crippen LogP contribution >= 0.6 is 23.4 Å². The summed E-state index contributed by atoms with van der Waals surface area (Å²) in [5.74, 6) is 1.86. The number of nitrogens with zero attached hydrogens (tertiary/aromatic N) is 3. The molecule has 0 saturated heterocycles. The molecule has 8 heteroatoms. The minimum atomic E-state index is -0.370. The van der Waals surface area contributed by atoms with Crippen LogP contribution in [0.25, 0.3) is 0 Å². The van der Waals surface area contributed by atoms with E-state index in [1.165, 1.54) is 31.0 Å². The molecule has 1 unspecified atom stereocenters. The van der Waals surface area contributed by atoms with Gasteiger partial charge in [-0.3, -0.25) is 4.79 Å². The lowest BCUT2D eigenvalue weighted by Gasteiger charge is -2.21. The number of hydrogen-bond donors (Lipinski definition) is 1. The zero-order valence-electron chi connectivity index (χ0n) is 16.9. The second kappa shape index (κ2) is 10.2. The quantitative estimate of drug-likeness (QED) is 0.451. The first-order valence-electron chi connectivity index (χ1n) is 9.88. The first-order valence-corrected chi connectivity index (χ1v) is 11.1. The molecule has 1 heterocycles. The summed E-state index contributed by atoms with van der Waals surface area (Å²) in [6, 6.07) is 5.13. The average molecular weight is 435 g/mol. The maximum Gasteiger partial charge on any atom is 0.237 e. The molecule has 1 saturated carbocycles. The highest BCUT2D eigenvalue weighted by atomic mass is 35.5. The number of thioether (sulfide) groups is 1. The maximum absolute atomic E-state index is 12.8. The van der Waals surface area contributed by atoms with Crippen molar-refractivity contribution in [2.24, 2.45) is 0 Å².